The van der Waals surface area contributed by atoms with Gasteiger partial charge in [0.2, 0.25) is 0 Å². The van der Waals surface area contributed by atoms with Crippen LogP contribution < -0.4 is 5.32 Å². The third kappa shape index (κ3) is 15.1. The first-order valence-electron chi connectivity index (χ1n) is 5.17. The Morgan fingerprint density at radius 2 is 1.88 bits per heavy atom. The zero-order valence-corrected chi connectivity index (χ0v) is 11.3. The van der Waals surface area contributed by atoms with Crippen LogP contribution in [0.15, 0.2) is 12.2 Å². The molecule has 0 bridgehead atoms. The van der Waals surface area contributed by atoms with E-state index in [4.69, 9.17) is 4.55 Å². The molecule has 17 heavy (non-hydrogen) atoms. The van der Waals surface area contributed by atoms with Crippen LogP contribution in [0.4, 0.5) is 0 Å². The highest BCUT2D eigenvalue weighted by Gasteiger charge is 2.07. The highest BCUT2D eigenvalue weighted by atomic mass is 32.2. The zero-order chi connectivity index (χ0) is 13.9. The lowest BCUT2D eigenvalue weighted by atomic mass is 10.2. The summed E-state index contributed by atoms with van der Waals surface area (Å²) >= 11 is 0. The Balaban J connectivity index is 0. The summed E-state index contributed by atoms with van der Waals surface area (Å²) in [6, 6.07) is 0. The fraction of sp³-hybridized carbons (Fsp3) is 0.700. The van der Waals surface area contributed by atoms with E-state index in [1.54, 1.807) is 6.92 Å². The Kier molecular flexibility index (Phi) is 11.1. The van der Waals surface area contributed by atoms with Crippen LogP contribution in [0.2, 0.25) is 0 Å². The van der Waals surface area contributed by atoms with Crippen molar-refractivity contribution in [1.29, 1.82) is 0 Å². The summed E-state index contributed by atoms with van der Waals surface area (Å²) in [5.41, 5.74) is 0.344. The molecule has 0 aliphatic carbocycles. The van der Waals surface area contributed by atoms with Gasteiger partial charge in [0.05, 0.1) is 12.4 Å². The third-order valence-corrected chi connectivity index (χ3v) is 2.30. The van der Waals surface area contributed by atoms with Crippen LogP contribution in [0.5, 0.6) is 0 Å². The molecule has 0 aliphatic heterocycles. The molecule has 0 fully saturated rings. The molecule has 2 N–H and O–H groups in total. The predicted molar refractivity (Wildman–Crippen MR) is 66.4 cm³/mol. The smallest absolute Gasteiger partial charge is 0.333 e. The van der Waals surface area contributed by atoms with Crippen LogP contribution in [-0.2, 0) is 19.6 Å². The molecular weight excluding hydrogens is 246 g/mol. The molecule has 0 aromatic heterocycles. The van der Waals surface area contributed by atoms with Gasteiger partial charge in [0.25, 0.3) is 10.1 Å². The highest BCUT2D eigenvalue weighted by Crippen LogP contribution is 2.00. The quantitative estimate of drug-likeness (QED) is 0.317. The number of rotatable bonds is 6. The Bertz CT molecular complexity index is 324. The number of hydrogen-bond acceptors (Lipinski definition) is 5. The first kappa shape index (κ1) is 18.4. The minimum absolute atomic E-state index is 0.0301. The molecule has 0 amide bonds. The maximum atomic E-state index is 11.0. The normalized spacial score (nSPS) is 10.1. The van der Waals surface area contributed by atoms with E-state index in [0.29, 0.717) is 12.0 Å². The fourth-order valence-corrected chi connectivity index (χ4v) is 1.14. The summed E-state index contributed by atoms with van der Waals surface area (Å²) in [5, 5.41) is 2.75. The summed E-state index contributed by atoms with van der Waals surface area (Å²) in [6.07, 6.45) is 0.582. The topological polar surface area (TPSA) is 92.7 Å². The van der Waals surface area contributed by atoms with Gasteiger partial charge in [-0.2, -0.15) is 8.42 Å². The summed E-state index contributed by atoms with van der Waals surface area (Å²) in [5.74, 6) is -0.929. The van der Waals surface area contributed by atoms with Gasteiger partial charge in [0.1, 0.15) is 0 Å². The predicted octanol–water partition coefficient (Wildman–Crippen LogP) is 0.609. The molecule has 0 rings (SSSR count). The van der Waals surface area contributed by atoms with E-state index < -0.39 is 21.8 Å². The maximum absolute atomic E-state index is 11.0. The molecule has 0 saturated heterocycles. The number of esters is 1. The van der Waals surface area contributed by atoms with Crippen molar-refractivity contribution in [3.8, 4) is 0 Å². The van der Waals surface area contributed by atoms with Gasteiger partial charge in [-0.05, 0) is 26.9 Å². The van der Waals surface area contributed by atoms with Gasteiger partial charge in [0.15, 0.2) is 0 Å². The second kappa shape index (κ2) is 10.2. The summed E-state index contributed by atoms with van der Waals surface area (Å²) in [6.45, 7) is 5.19. The van der Waals surface area contributed by atoms with Crippen molar-refractivity contribution in [2.45, 2.75) is 19.8 Å². The average Bonchev–Trinajstić information content (AvgIpc) is 2.22. The van der Waals surface area contributed by atoms with Gasteiger partial charge in [-0.25, -0.2) is 4.79 Å². The first-order chi connectivity index (χ1) is 7.78. The molecule has 0 saturated carbocycles. The van der Waals surface area contributed by atoms with Crippen LogP contribution >= 0.6 is 0 Å². The average molecular weight is 267 g/mol. The molecule has 6 nitrogen and oxygen atoms in total. The zero-order valence-electron chi connectivity index (χ0n) is 10.5. The van der Waals surface area contributed by atoms with Crippen LogP contribution in [0.3, 0.4) is 0 Å². The maximum Gasteiger partial charge on any atom is 0.333 e. The van der Waals surface area contributed by atoms with Crippen LogP contribution in [0.25, 0.3) is 0 Å². The number of carbonyl (C=O) groups is 1. The molecule has 0 aromatic rings. The first-order valence-corrected chi connectivity index (χ1v) is 6.77. The van der Waals surface area contributed by atoms with Crippen LogP contribution in [-0.4, -0.2) is 45.4 Å². The van der Waals surface area contributed by atoms with Crippen molar-refractivity contribution < 1.29 is 22.5 Å². The van der Waals surface area contributed by atoms with E-state index in [-0.39, 0.29) is 13.0 Å². The molecular formula is C10H21NO5S. The standard InChI is InChI=1S/C8H14O5S.C2H7N/c1-3-7(2)8(9)13-5-4-6-14(10,11)12;1-3-2/h2-6H2,1H3,(H,10,11,12);3H,1-2H3. The van der Waals surface area contributed by atoms with E-state index in [1.165, 1.54) is 0 Å². The van der Waals surface area contributed by atoms with Crippen molar-refractivity contribution in [3.63, 3.8) is 0 Å². The molecule has 0 heterocycles. The lowest BCUT2D eigenvalue weighted by Crippen LogP contribution is -2.11. The lowest BCUT2D eigenvalue weighted by molar-refractivity contribution is -0.139. The molecule has 0 aromatic carbocycles. The molecule has 0 aliphatic rings. The van der Waals surface area contributed by atoms with E-state index in [2.05, 4.69) is 16.6 Å². The SMILES string of the molecule is C=C(CC)C(=O)OCCCS(=O)(=O)O.CNC. The van der Waals surface area contributed by atoms with Gasteiger partial charge in [-0.15, -0.1) is 0 Å². The van der Waals surface area contributed by atoms with Crippen molar-refractivity contribution in [1.82, 2.24) is 5.32 Å². The van der Waals surface area contributed by atoms with Crippen molar-refractivity contribution in [3.05, 3.63) is 12.2 Å². The van der Waals surface area contributed by atoms with E-state index in [1.807, 2.05) is 14.1 Å². The number of nitrogens with one attached hydrogen (secondary N) is 1. The van der Waals surface area contributed by atoms with Gasteiger partial charge in [-0.3, -0.25) is 4.55 Å². The van der Waals surface area contributed by atoms with Gasteiger partial charge < -0.3 is 10.1 Å². The number of ether oxygens (including phenoxy) is 1. The number of carbonyl (C=O) groups excluding carboxylic acids is 1. The van der Waals surface area contributed by atoms with Crippen LogP contribution in [0.1, 0.15) is 19.8 Å². The van der Waals surface area contributed by atoms with E-state index in [9.17, 15) is 13.2 Å². The monoisotopic (exact) mass is 267 g/mol. The fourth-order valence-electron chi connectivity index (χ4n) is 0.653. The Morgan fingerprint density at radius 1 is 1.41 bits per heavy atom. The minimum atomic E-state index is -3.96. The summed E-state index contributed by atoms with van der Waals surface area (Å²) < 4.78 is 33.6. The minimum Gasteiger partial charge on any atom is -0.462 e. The molecule has 0 radical (unpaired) electrons. The van der Waals surface area contributed by atoms with Gasteiger partial charge in [-0.1, -0.05) is 13.5 Å². The van der Waals surface area contributed by atoms with Gasteiger partial charge in [0, 0.05) is 5.57 Å². The number of hydrogen-bond donors (Lipinski definition) is 2. The molecule has 0 spiro atoms. The van der Waals surface area contributed by atoms with Crippen LogP contribution in [0, 0.1) is 0 Å². The van der Waals surface area contributed by atoms with Gasteiger partial charge >= 0.3 is 5.97 Å². The largest absolute Gasteiger partial charge is 0.462 e. The molecule has 0 atom stereocenters. The third-order valence-electron chi connectivity index (χ3n) is 1.50. The molecule has 7 heteroatoms. The Hall–Kier alpha value is -0.920. The molecule has 102 valence electrons. The van der Waals surface area contributed by atoms with E-state index in [0.717, 1.165) is 0 Å². The second-order valence-electron chi connectivity index (χ2n) is 3.23. The van der Waals surface area contributed by atoms with E-state index >= 15 is 0 Å². The Morgan fingerprint density at radius 3 is 2.24 bits per heavy atom. The van der Waals surface area contributed by atoms with Crippen molar-refractivity contribution >= 4 is 16.1 Å². The van der Waals surface area contributed by atoms with Crippen molar-refractivity contribution in [2.24, 2.45) is 0 Å². The second-order valence-corrected chi connectivity index (χ2v) is 4.80. The van der Waals surface area contributed by atoms with Crippen molar-refractivity contribution in [2.75, 3.05) is 26.5 Å². The highest BCUT2D eigenvalue weighted by molar-refractivity contribution is 7.85. The Labute approximate surface area is 103 Å². The molecule has 0 unspecified atom stereocenters. The lowest BCUT2D eigenvalue weighted by Gasteiger charge is -2.04. The summed E-state index contributed by atoms with van der Waals surface area (Å²) in [4.78, 5) is 11.0. The summed E-state index contributed by atoms with van der Waals surface area (Å²) in [7, 11) is -0.212.